The summed E-state index contributed by atoms with van der Waals surface area (Å²) >= 11 is 0. The van der Waals surface area contributed by atoms with Gasteiger partial charge in [0, 0.05) is 39.8 Å². The Morgan fingerprint density at radius 2 is 1.93 bits per heavy atom. The van der Waals surface area contributed by atoms with Crippen molar-refractivity contribution in [2.24, 2.45) is 10.9 Å². The highest BCUT2D eigenvalue weighted by molar-refractivity contribution is 5.79. The zero-order valence-corrected chi connectivity index (χ0v) is 16.7. The molecule has 2 N–H and O–H groups in total. The fraction of sp³-hybridized carbons (Fsp3) is 0.650. The molecular formula is C20H33FN4O2. The van der Waals surface area contributed by atoms with Crippen molar-refractivity contribution in [1.82, 2.24) is 15.5 Å². The summed E-state index contributed by atoms with van der Waals surface area (Å²) in [6, 6.07) is 6.87. The highest BCUT2D eigenvalue weighted by Crippen LogP contribution is 2.21. The Morgan fingerprint density at radius 3 is 2.56 bits per heavy atom. The minimum atomic E-state index is -0.216. The van der Waals surface area contributed by atoms with Gasteiger partial charge in [-0.3, -0.25) is 9.89 Å². The summed E-state index contributed by atoms with van der Waals surface area (Å²) < 4.78 is 24.4. The first-order valence-corrected chi connectivity index (χ1v) is 9.69. The van der Waals surface area contributed by atoms with Crippen LogP contribution in [0.25, 0.3) is 0 Å². The maximum Gasteiger partial charge on any atom is 0.191 e. The number of halogens is 1. The standard InChI is InChI=1S/C20H33FN4O2/c1-16(2)15-27-11-8-23-20(22-3)24-14-19(25-9-12-26-13-10-25)17-4-6-18(21)7-5-17/h4-7,16,19H,8-15H2,1-3H3,(H2,22,23,24). The number of morpholine rings is 1. The molecule has 1 fully saturated rings. The Balaban J connectivity index is 1.88. The number of hydrogen-bond donors (Lipinski definition) is 2. The number of nitrogens with zero attached hydrogens (tertiary/aromatic N) is 2. The first-order chi connectivity index (χ1) is 13.1. The molecule has 152 valence electrons. The van der Waals surface area contributed by atoms with E-state index < -0.39 is 0 Å². The predicted molar refractivity (Wildman–Crippen MR) is 107 cm³/mol. The minimum Gasteiger partial charge on any atom is -0.379 e. The van der Waals surface area contributed by atoms with E-state index in [1.807, 2.05) is 12.1 Å². The molecule has 0 saturated carbocycles. The van der Waals surface area contributed by atoms with E-state index in [1.54, 1.807) is 7.05 Å². The number of benzene rings is 1. The Hall–Kier alpha value is -1.70. The molecule has 0 aliphatic carbocycles. The van der Waals surface area contributed by atoms with Gasteiger partial charge in [0.25, 0.3) is 0 Å². The Labute approximate surface area is 162 Å². The van der Waals surface area contributed by atoms with Gasteiger partial charge in [0.15, 0.2) is 5.96 Å². The molecule has 2 rings (SSSR count). The number of hydrogen-bond acceptors (Lipinski definition) is 4. The van der Waals surface area contributed by atoms with Crippen LogP contribution in [0.2, 0.25) is 0 Å². The van der Waals surface area contributed by atoms with E-state index in [0.717, 1.165) is 44.4 Å². The average Bonchev–Trinajstić information content (AvgIpc) is 2.68. The number of ether oxygens (including phenoxy) is 2. The van der Waals surface area contributed by atoms with Crippen molar-refractivity contribution in [3.05, 3.63) is 35.6 Å². The van der Waals surface area contributed by atoms with Crippen LogP contribution in [0.1, 0.15) is 25.5 Å². The van der Waals surface area contributed by atoms with Crippen LogP contribution in [-0.4, -0.2) is 70.5 Å². The normalized spacial score (nSPS) is 17.1. The smallest absolute Gasteiger partial charge is 0.191 e. The zero-order valence-electron chi connectivity index (χ0n) is 16.7. The lowest BCUT2D eigenvalue weighted by molar-refractivity contribution is 0.0169. The van der Waals surface area contributed by atoms with Crippen molar-refractivity contribution in [3.63, 3.8) is 0 Å². The van der Waals surface area contributed by atoms with Gasteiger partial charge in [0.2, 0.25) is 0 Å². The lowest BCUT2D eigenvalue weighted by atomic mass is 10.0. The summed E-state index contributed by atoms with van der Waals surface area (Å²) in [6.45, 7) is 10.2. The first-order valence-electron chi connectivity index (χ1n) is 9.69. The average molecular weight is 381 g/mol. The van der Waals surface area contributed by atoms with E-state index >= 15 is 0 Å². The summed E-state index contributed by atoms with van der Waals surface area (Å²) in [5, 5.41) is 6.66. The van der Waals surface area contributed by atoms with Crippen LogP contribution in [0, 0.1) is 11.7 Å². The summed E-state index contributed by atoms with van der Waals surface area (Å²) in [5.74, 6) is 1.06. The Bertz CT molecular complexity index is 560. The Morgan fingerprint density at radius 1 is 1.22 bits per heavy atom. The molecule has 1 atom stereocenters. The Kier molecular flexibility index (Phi) is 9.52. The largest absolute Gasteiger partial charge is 0.379 e. The van der Waals surface area contributed by atoms with Crippen molar-refractivity contribution in [2.75, 3.05) is 59.7 Å². The van der Waals surface area contributed by atoms with Gasteiger partial charge >= 0.3 is 0 Å². The maximum absolute atomic E-state index is 13.3. The molecule has 1 heterocycles. The highest BCUT2D eigenvalue weighted by Gasteiger charge is 2.23. The van der Waals surface area contributed by atoms with Gasteiger partial charge in [-0.2, -0.15) is 0 Å². The summed E-state index contributed by atoms with van der Waals surface area (Å²) in [4.78, 5) is 6.65. The lowest BCUT2D eigenvalue weighted by Gasteiger charge is -2.35. The van der Waals surface area contributed by atoms with Crippen molar-refractivity contribution in [3.8, 4) is 0 Å². The van der Waals surface area contributed by atoms with Gasteiger partial charge in [-0.15, -0.1) is 0 Å². The molecule has 1 unspecified atom stereocenters. The third-order valence-electron chi connectivity index (χ3n) is 4.42. The topological polar surface area (TPSA) is 58.1 Å². The highest BCUT2D eigenvalue weighted by atomic mass is 19.1. The molecule has 1 aliphatic rings. The quantitative estimate of drug-likeness (QED) is 0.390. The molecule has 1 aliphatic heterocycles. The first kappa shape index (κ1) is 21.6. The van der Waals surface area contributed by atoms with Crippen molar-refractivity contribution in [1.29, 1.82) is 0 Å². The second kappa shape index (κ2) is 11.9. The summed E-state index contributed by atoms with van der Waals surface area (Å²) in [5.41, 5.74) is 1.08. The third-order valence-corrected chi connectivity index (χ3v) is 4.42. The molecule has 7 heteroatoms. The molecule has 0 bridgehead atoms. The third kappa shape index (κ3) is 7.82. The number of nitrogens with one attached hydrogen (secondary N) is 2. The van der Waals surface area contributed by atoms with Crippen molar-refractivity contribution >= 4 is 5.96 Å². The molecule has 1 aromatic rings. The fourth-order valence-corrected chi connectivity index (χ4v) is 3.01. The lowest BCUT2D eigenvalue weighted by Crippen LogP contribution is -2.46. The van der Waals surface area contributed by atoms with Gasteiger partial charge in [-0.1, -0.05) is 26.0 Å². The zero-order chi connectivity index (χ0) is 19.5. The summed E-state index contributed by atoms with van der Waals surface area (Å²) in [6.07, 6.45) is 0. The predicted octanol–water partition coefficient (Wildman–Crippen LogP) is 2.04. The monoisotopic (exact) mass is 380 g/mol. The van der Waals surface area contributed by atoms with Crippen LogP contribution < -0.4 is 10.6 Å². The van der Waals surface area contributed by atoms with Crippen LogP contribution in [0.3, 0.4) is 0 Å². The second-order valence-electron chi connectivity index (χ2n) is 7.06. The van der Waals surface area contributed by atoms with Gasteiger partial charge in [-0.25, -0.2) is 4.39 Å². The second-order valence-corrected chi connectivity index (χ2v) is 7.06. The molecule has 1 aromatic carbocycles. The molecule has 1 saturated heterocycles. The molecule has 0 spiro atoms. The molecule has 6 nitrogen and oxygen atoms in total. The van der Waals surface area contributed by atoms with E-state index in [4.69, 9.17) is 9.47 Å². The minimum absolute atomic E-state index is 0.130. The molecule has 0 radical (unpaired) electrons. The van der Waals surface area contributed by atoms with Crippen LogP contribution in [-0.2, 0) is 9.47 Å². The number of rotatable bonds is 9. The molecular weight excluding hydrogens is 347 g/mol. The van der Waals surface area contributed by atoms with Gasteiger partial charge < -0.3 is 20.1 Å². The maximum atomic E-state index is 13.3. The SMILES string of the molecule is CN=C(NCCOCC(C)C)NCC(c1ccc(F)cc1)N1CCOCC1. The van der Waals surface area contributed by atoms with Crippen LogP contribution in [0.4, 0.5) is 4.39 Å². The fourth-order valence-electron chi connectivity index (χ4n) is 3.01. The van der Waals surface area contributed by atoms with Crippen molar-refractivity contribution in [2.45, 2.75) is 19.9 Å². The van der Waals surface area contributed by atoms with Crippen molar-refractivity contribution < 1.29 is 13.9 Å². The number of guanidine groups is 1. The van der Waals surface area contributed by atoms with Gasteiger partial charge in [-0.05, 0) is 23.6 Å². The van der Waals surface area contributed by atoms with Crippen LogP contribution in [0.5, 0.6) is 0 Å². The van der Waals surface area contributed by atoms with E-state index in [9.17, 15) is 4.39 Å². The van der Waals surface area contributed by atoms with E-state index in [-0.39, 0.29) is 11.9 Å². The number of aliphatic imine (C=N–C) groups is 1. The van der Waals surface area contributed by atoms with E-state index in [1.165, 1.54) is 12.1 Å². The van der Waals surface area contributed by atoms with Crippen LogP contribution >= 0.6 is 0 Å². The molecule has 0 amide bonds. The van der Waals surface area contributed by atoms with Gasteiger partial charge in [0.1, 0.15) is 5.82 Å². The summed E-state index contributed by atoms with van der Waals surface area (Å²) in [7, 11) is 1.76. The van der Waals surface area contributed by atoms with E-state index in [0.29, 0.717) is 25.6 Å². The van der Waals surface area contributed by atoms with E-state index in [2.05, 4.69) is 34.4 Å². The molecule has 0 aromatic heterocycles. The molecule has 27 heavy (non-hydrogen) atoms. The van der Waals surface area contributed by atoms with Crippen LogP contribution in [0.15, 0.2) is 29.3 Å². The van der Waals surface area contributed by atoms with Gasteiger partial charge in [0.05, 0.1) is 25.9 Å².